The fourth-order valence-electron chi connectivity index (χ4n) is 3.45. The van der Waals surface area contributed by atoms with Gasteiger partial charge in [0.1, 0.15) is 5.69 Å². The highest BCUT2D eigenvalue weighted by molar-refractivity contribution is 7.91. The molecule has 1 unspecified atom stereocenters. The van der Waals surface area contributed by atoms with Crippen molar-refractivity contribution in [2.24, 2.45) is 5.92 Å². The third kappa shape index (κ3) is 4.83. The van der Waals surface area contributed by atoms with Crippen LogP contribution in [0, 0.1) is 5.92 Å². The minimum atomic E-state index is -2.94. The van der Waals surface area contributed by atoms with Crippen molar-refractivity contribution < 1.29 is 13.2 Å². The Hall–Kier alpha value is -3.26. The molecular formula is C22H22N4O3S. The van der Waals surface area contributed by atoms with Gasteiger partial charge in [-0.1, -0.05) is 18.2 Å². The summed E-state index contributed by atoms with van der Waals surface area (Å²) < 4.78 is 24.9. The maximum absolute atomic E-state index is 12.3. The van der Waals surface area contributed by atoms with Crippen LogP contribution in [0.15, 0.2) is 67.1 Å². The third-order valence-corrected chi connectivity index (χ3v) is 6.84. The van der Waals surface area contributed by atoms with Crippen LogP contribution in [0.5, 0.6) is 0 Å². The van der Waals surface area contributed by atoms with Crippen molar-refractivity contribution in [2.45, 2.75) is 6.42 Å². The van der Waals surface area contributed by atoms with Gasteiger partial charge in [-0.2, -0.15) is 5.10 Å². The standard InChI is InChI=1S/C22H22N4O3S/c27-21(24-13-17-10-12-30(28,29)16-17)9-8-19-15-26(20-6-2-1-3-7-20)25-22(19)18-5-4-11-23-14-18/h1-9,11,14-15,17H,10,12-13,16H2,(H,24,27)/b9-8+. The molecule has 8 heteroatoms. The average Bonchev–Trinajstić information content (AvgIpc) is 3.35. The number of carbonyl (C=O) groups is 1. The summed E-state index contributed by atoms with van der Waals surface area (Å²) in [7, 11) is -2.94. The van der Waals surface area contributed by atoms with E-state index in [1.54, 1.807) is 23.2 Å². The second-order valence-corrected chi connectivity index (χ2v) is 9.53. The summed E-state index contributed by atoms with van der Waals surface area (Å²) in [6.07, 6.45) is 9.07. The molecule has 1 atom stereocenters. The first-order valence-electron chi connectivity index (χ1n) is 9.72. The molecule has 1 saturated heterocycles. The summed E-state index contributed by atoms with van der Waals surface area (Å²) in [6.45, 7) is 0.362. The van der Waals surface area contributed by atoms with Crippen molar-refractivity contribution in [3.8, 4) is 16.9 Å². The Bertz CT molecular complexity index is 1160. The summed E-state index contributed by atoms with van der Waals surface area (Å²) in [6, 6.07) is 13.5. The summed E-state index contributed by atoms with van der Waals surface area (Å²) >= 11 is 0. The molecule has 0 radical (unpaired) electrons. The molecule has 1 amide bonds. The number of benzene rings is 1. The fourth-order valence-corrected chi connectivity index (χ4v) is 5.31. The molecule has 1 aliphatic rings. The molecule has 1 N–H and O–H groups in total. The van der Waals surface area contributed by atoms with E-state index in [0.717, 1.165) is 22.5 Å². The number of para-hydroxylation sites is 1. The molecule has 2 aromatic heterocycles. The Kier molecular flexibility index (Phi) is 5.76. The largest absolute Gasteiger partial charge is 0.352 e. The van der Waals surface area contributed by atoms with Crippen LogP contribution in [0.25, 0.3) is 23.0 Å². The molecule has 3 heterocycles. The number of pyridine rings is 1. The predicted octanol–water partition coefficient (Wildman–Crippen LogP) is 2.50. The van der Waals surface area contributed by atoms with E-state index in [1.807, 2.05) is 48.7 Å². The highest BCUT2D eigenvalue weighted by Crippen LogP contribution is 2.24. The number of nitrogens with one attached hydrogen (secondary N) is 1. The van der Waals surface area contributed by atoms with E-state index in [0.29, 0.717) is 13.0 Å². The van der Waals surface area contributed by atoms with Crippen LogP contribution >= 0.6 is 0 Å². The topological polar surface area (TPSA) is 93.9 Å². The van der Waals surface area contributed by atoms with E-state index in [-0.39, 0.29) is 23.3 Å². The zero-order chi connectivity index (χ0) is 21.0. The van der Waals surface area contributed by atoms with Gasteiger partial charge in [-0.3, -0.25) is 9.78 Å². The fraction of sp³-hybridized carbons (Fsp3) is 0.227. The highest BCUT2D eigenvalue weighted by atomic mass is 32.2. The molecule has 30 heavy (non-hydrogen) atoms. The second-order valence-electron chi connectivity index (χ2n) is 7.30. The van der Waals surface area contributed by atoms with E-state index >= 15 is 0 Å². The first kappa shape index (κ1) is 20.0. The lowest BCUT2D eigenvalue weighted by Crippen LogP contribution is -2.28. The van der Waals surface area contributed by atoms with Crippen molar-refractivity contribution in [3.63, 3.8) is 0 Å². The monoisotopic (exact) mass is 422 g/mol. The number of carbonyl (C=O) groups excluding carboxylic acids is 1. The maximum Gasteiger partial charge on any atom is 0.244 e. The van der Waals surface area contributed by atoms with Crippen molar-refractivity contribution in [1.29, 1.82) is 0 Å². The molecule has 154 valence electrons. The molecule has 0 saturated carbocycles. The first-order chi connectivity index (χ1) is 14.5. The van der Waals surface area contributed by atoms with Crippen LogP contribution in [0.3, 0.4) is 0 Å². The SMILES string of the molecule is O=C(/C=C/c1cn(-c2ccccc2)nc1-c1cccnc1)NCC1CCS(=O)(=O)C1. The molecule has 1 fully saturated rings. The molecule has 1 aliphatic heterocycles. The average molecular weight is 423 g/mol. The van der Waals surface area contributed by atoms with Gasteiger partial charge in [0.25, 0.3) is 0 Å². The molecule has 4 rings (SSSR count). The van der Waals surface area contributed by atoms with E-state index < -0.39 is 9.84 Å². The van der Waals surface area contributed by atoms with E-state index in [1.165, 1.54) is 6.08 Å². The van der Waals surface area contributed by atoms with Crippen LogP contribution < -0.4 is 5.32 Å². The third-order valence-electron chi connectivity index (χ3n) is 5.00. The number of amides is 1. The van der Waals surface area contributed by atoms with Gasteiger partial charge in [0.15, 0.2) is 9.84 Å². The summed E-state index contributed by atoms with van der Waals surface area (Å²) in [5.74, 6) is 0.0747. The quantitative estimate of drug-likeness (QED) is 0.616. The van der Waals surface area contributed by atoms with E-state index in [9.17, 15) is 13.2 Å². The van der Waals surface area contributed by atoms with Gasteiger partial charge in [-0.25, -0.2) is 13.1 Å². The summed E-state index contributed by atoms with van der Waals surface area (Å²) in [4.78, 5) is 16.4. The molecular weight excluding hydrogens is 400 g/mol. The van der Waals surface area contributed by atoms with Crippen LogP contribution in [0.2, 0.25) is 0 Å². The summed E-state index contributed by atoms with van der Waals surface area (Å²) in [5, 5.41) is 7.48. The highest BCUT2D eigenvalue weighted by Gasteiger charge is 2.27. The van der Waals surface area contributed by atoms with Gasteiger partial charge < -0.3 is 5.32 Å². The van der Waals surface area contributed by atoms with E-state index in [2.05, 4.69) is 15.4 Å². The minimum absolute atomic E-state index is 0.0147. The maximum atomic E-state index is 12.3. The molecule has 0 aliphatic carbocycles. The molecule has 3 aromatic rings. The van der Waals surface area contributed by atoms with Crippen molar-refractivity contribution >= 4 is 21.8 Å². The van der Waals surface area contributed by atoms with Gasteiger partial charge >= 0.3 is 0 Å². The number of rotatable bonds is 6. The van der Waals surface area contributed by atoms with E-state index in [4.69, 9.17) is 0 Å². The minimum Gasteiger partial charge on any atom is -0.352 e. The molecule has 0 spiro atoms. The molecule has 0 bridgehead atoms. The van der Waals surface area contributed by atoms with Gasteiger partial charge in [0, 0.05) is 42.3 Å². The Labute approximate surface area is 175 Å². The smallest absolute Gasteiger partial charge is 0.244 e. The Balaban J connectivity index is 1.52. The number of hydrogen-bond acceptors (Lipinski definition) is 5. The second kappa shape index (κ2) is 8.62. The Morgan fingerprint density at radius 1 is 1.20 bits per heavy atom. The van der Waals surface area contributed by atoms with Crippen molar-refractivity contribution in [2.75, 3.05) is 18.1 Å². The lowest BCUT2D eigenvalue weighted by Gasteiger charge is -2.07. The van der Waals surface area contributed by atoms with Crippen LogP contribution in [-0.2, 0) is 14.6 Å². The zero-order valence-corrected chi connectivity index (χ0v) is 17.1. The molecule has 7 nitrogen and oxygen atoms in total. The predicted molar refractivity (Wildman–Crippen MR) is 116 cm³/mol. The van der Waals surface area contributed by atoms with Crippen molar-refractivity contribution in [1.82, 2.24) is 20.1 Å². The lowest BCUT2D eigenvalue weighted by atomic mass is 10.1. The van der Waals surface area contributed by atoms with Gasteiger partial charge in [0.2, 0.25) is 5.91 Å². The van der Waals surface area contributed by atoms with Gasteiger partial charge in [0.05, 0.1) is 17.2 Å². The number of hydrogen-bond donors (Lipinski definition) is 1. The normalized spacial score (nSPS) is 17.9. The Morgan fingerprint density at radius 2 is 2.03 bits per heavy atom. The molecule has 1 aromatic carbocycles. The number of sulfone groups is 1. The number of aromatic nitrogens is 3. The van der Waals surface area contributed by atoms with Crippen LogP contribution in [-0.4, -0.2) is 47.1 Å². The van der Waals surface area contributed by atoms with Gasteiger partial charge in [-0.05, 0) is 42.7 Å². The van der Waals surface area contributed by atoms with Crippen LogP contribution in [0.4, 0.5) is 0 Å². The van der Waals surface area contributed by atoms with Crippen LogP contribution in [0.1, 0.15) is 12.0 Å². The first-order valence-corrected chi connectivity index (χ1v) is 11.5. The zero-order valence-electron chi connectivity index (χ0n) is 16.3. The Morgan fingerprint density at radius 3 is 2.73 bits per heavy atom. The van der Waals surface area contributed by atoms with Gasteiger partial charge in [-0.15, -0.1) is 0 Å². The van der Waals surface area contributed by atoms with Crippen molar-refractivity contribution in [3.05, 3.63) is 72.7 Å². The summed E-state index contributed by atoms with van der Waals surface area (Å²) in [5.41, 5.74) is 3.26. The lowest BCUT2D eigenvalue weighted by molar-refractivity contribution is -0.116. The number of nitrogens with zero attached hydrogens (tertiary/aromatic N) is 3.